The summed E-state index contributed by atoms with van der Waals surface area (Å²) >= 11 is 1.00. The Hall–Kier alpha value is -1.01. The van der Waals surface area contributed by atoms with Gasteiger partial charge in [-0.25, -0.2) is 0 Å². The number of hydrogen-bond acceptors (Lipinski definition) is 5. The van der Waals surface area contributed by atoms with Gasteiger partial charge in [-0.05, 0) is 25.7 Å². The molecule has 0 aliphatic heterocycles. The molecule has 82 valence electrons. The molecule has 1 unspecified atom stereocenters. The van der Waals surface area contributed by atoms with Crippen LogP contribution >= 0.6 is 11.7 Å². The molecule has 0 spiro atoms. The molecule has 6 heteroatoms. The van der Waals surface area contributed by atoms with Crippen LogP contribution in [0.2, 0.25) is 0 Å². The zero-order valence-electron chi connectivity index (χ0n) is 8.43. The van der Waals surface area contributed by atoms with Crippen LogP contribution in [0.5, 0.6) is 0 Å². The minimum absolute atomic E-state index is 0.0407. The monoisotopic (exact) mass is 227 g/mol. The number of aliphatic hydroxyl groups is 1. The highest BCUT2D eigenvalue weighted by Gasteiger charge is 2.42. The molecule has 1 aliphatic carbocycles. The first kappa shape index (κ1) is 10.5. The standard InChI is InChI=1S/C9H13N3O2S/c1-9(5-13,6-2-3-6)11-8(14)7-4-10-15-12-7/h4,6,13H,2-3,5H2,1H3,(H,11,14). The van der Waals surface area contributed by atoms with E-state index in [0.29, 0.717) is 11.6 Å². The Morgan fingerprint density at radius 1 is 1.80 bits per heavy atom. The average molecular weight is 227 g/mol. The first-order valence-electron chi connectivity index (χ1n) is 4.86. The minimum atomic E-state index is -0.513. The molecule has 1 atom stereocenters. The van der Waals surface area contributed by atoms with Crippen LogP contribution in [0.4, 0.5) is 0 Å². The maximum atomic E-state index is 11.7. The van der Waals surface area contributed by atoms with E-state index in [9.17, 15) is 9.90 Å². The van der Waals surface area contributed by atoms with Gasteiger partial charge in [0.15, 0.2) is 5.69 Å². The molecular weight excluding hydrogens is 214 g/mol. The Morgan fingerprint density at radius 2 is 2.53 bits per heavy atom. The molecule has 1 aromatic heterocycles. The van der Waals surface area contributed by atoms with Crippen molar-refractivity contribution in [1.29, 1.82) is 0 Å². The second-order valence-corrected chi connectivity index (χ2v) is 4.65. The third kappa shape index (κ3) is 2.15. The third-order valence-electron chi connectivity index (χ3n) is 2.80. The van der Waals surface area contributed by atoms with Crippen LogP contribution in [0.3, 0.4) is 0 Å². The number of aliphatic hydroxyl groups excluding tert-OH is 1. The van der Waals surface area contributed by atoms with Gasteiger partial charge >= 0.3 is 0 Å². The molecule has 0 aromatic carbocycles. The number of nitrogens with one attached hydrogen (secondary N) is 1. The van der Waals surface area contributed by atoms with Crippen molar-refractivity contribution < 1.29 is 9.90 Å². The fourth-order valence-corrected chi connectivity index (χ4v) is 1.99. The maximum absolute atomic E-state index is 11.7. The van der Waals surface area contributed by atoms with E-state index in [-0.39, 0.29) is 12.5 Å². The fraction of sp³-hybridized carbons (Fsp3) is 0.667. The number of hydrogen-bond donors (Lipinski definition) is 2. The zero-order valence-corrected chi connectivity index (χ0v) is 9.25. The van der Waals surface area contributed by atoms with Gasteiger partial charge < -0.3 is 10.4 Å². The Morgan fingerprint density at radius 3 is 3.00 bits per heavy atom. The van der Waals surface area contributed by atoms with Crippen molar-refractivity contribution >= 4 is 17.6 Å². The fourth-order valence-electron chi connectivity index (χ4n) is 1.58. The summed E-state index contributed by atoms with van der Waals surface area (Å²) in [4.78, 5) is 11.7. The molecule has 5 nitrogen and oxygen atoms in total. The molecule has 0 saturated heterocycles. The van der Waals surface area contributed by atoms with E-state index in [1.807, 2.05) is 6.92 Å². The van der Waals surface area contributed by atoms with Crippen molar-refractivity contribution in [1.82, 2.24) is 14.1 Å². The topological polar surface area (TPSA) is 75.1 Å². The van der Waals surface area contributed by atoms with Crippen molar-refractivity contribution in [2.24, 2.45) is 5.92 Å². The molecule has 2 N–H and O–H groups in total. The van der Waals surface area contributed by atoms with Crippen LogP contribution in [-0.2, 0) is 0 Å². The Kier molecular flexibility index (Phi) is 2.70. The molecule has 1 amide bonds. The second-order valence-electron chi connectivity index (χ2n) is 4.10. The van der Waals surface area contributed by atoms with Crippen molar-refractivity contribution in [3.8, 4) is 0 Å². The van der Waals surface area contributed by atoms with Gasteiger partial charge in [0, 0.05) is 0 Å². The summed E-state index contributed by atoms with van der Waals surface area (Å²) in [5, 5.41) is 12.1. The second kappa shape index (κ2) is 3.86. The van der Waals surface area contributed by atoms with Gasteiger partial charge in [-0.2, -0.15) is 8.75 Å². The van der Waals surface area contributed by atoms with Crippen LogP contribution < -0.4 is 5.32 Å². The summed E-state index contributed by atoms with van der Waals surface area (Å²) in [5.74, 6) is 0.130. The van der Waals surface area contributed by atoms with Crippen LogP contribution in [0.25, 0.3) is 0 Å². The molecule has 1 aromatic rings. The number of nitrogens with zero attached hydrogens (tertiary/aromatic N) is 2. The number of aromatic nitrogens is 2. The summed E-state index contributed by atoms with van der Waals surface area (Å²) in [7, 11) is 0. The van der Waals surface area contributed by atoms with Gasteiger partial charge in [0.2, 0.25) is 0 Å². The number of rotatable bonds is 4. The average Bonchev–Trinajstić information content (AvgIpc) is 2.94. The molecule has 1 aliphatic rings. The summed E-state index contributed by atoms with van der Waals surface area (Å²) in [6.07, 6.45) is 3.56. The Balaban J connectivity index is 2.04. The molecule has 0 bridgehead atoms. The van der Waals surface area contributed by atoms with E-state index in [4.69, 9.17) is 0 Å². The highest BCUT2D eigenvalue weighted by atomic mass is 32.1. The summed E-state index contributed by atoms with van der Waals surface area (Å²) in [6, 6.07) is 0. The molecular formula is C9H13N3O2S. The highest BCUT2D eigenvalue weighted by Crippen LogP contribution is 2.39. The first-order chi connectivity index (χ1) is 7.15. The molecule has 1 heterocycles. The summed E-state index contributed by atoms with van der Waals surface area (Å²) in [5.41, 5.74) is -0.193. The largest absolute Gasteiger partial charge is 0.394 e. The van der Waals surface area contributed by atoms with Gasteiger partial charge in [-0.15, -0.1) is 0 Å². The maximum Gasteiger partial charge on any atom is 0.273 e. The van der Waals surface area contributed by atoms with Gasteiger partial charge in [-0.1, -0.05) is 0 Å². The van der Waals surface area contributed by atoms with E-state index in [2.05, 4.69) is 14.1 Å². The van der Waals surface area contributed by atoms with Crippen LogP contribution in [0.1, 0.15) is 30.3 Å². The van der Waals surface area contributed by atoms with Crippen molar-refractivity contribution in [3.05, 3.63) is 11.9 Å². The first-order valence-corrected chi connectivity index (χ1v) is 5.60. The summed E-state index contributed by atoms with van der Waals surface area (Å²) in [6.45, 7) is 1.82. The van der Waals surface area contributed by atoms with Gasteiger partial charge in [0.1, 0.15) is 0 Å². The Bertz CT molecular complexity index is 350. The highest BCUT2D eigenvalue weighted by molar-refractivity contribution is 6.99. The lowest BCUT2D eigenvalue weighted by Gasteiger charge is -2.28. The zero-order chi connectivity index (χ0) is 10.9. The van der Waals surface area contributed by atoms with Crippen LogP contribution in [0, 0.1) is 5.92 Å². The Labute approximate surface area is 91.8 Å². The lowest BCUT2D eigenvalue weighted by molar-refractivity contribution is 0.0820. The lowest BCUT2D eigenvalue weighted by atomic mass is 9.97. The number of carbonyl (C=O) groups excluding carboxylic acids is 1. The molecule has 0 radical (unpaired) electrons. The lowest BCUT2D eigenvalue weighted by Crippen LogP contribution is -2.50. The normalized spacial score (nSPS) is 19.6. The quantitative estimate of drug-likeness (QED) is 0.782. The smallest absolute Gasteiger partial charge is 0.273 e. The van der Waals surface area contributed by atoms with E-state index in [0.717, 1.165) is 24.6 Å². The van der Waals surface area contributed by atoms with E-state index < -0.39 is 5.54 Å². The van der Waals surface area contributed by atoms with E-state index in [1.165, 1.54) is 6.20 Å². The van der Waals surface area contributed by atoms with E-state index in [1.54, 1.807) is 0 Å². The van der Waals surface area contributed by atoms with Gasteiger partial charge in [0.25, 0.3) is 5.91 Å². The number of amides is 1. The van der Waals surface area contributed by atoms with Gasteiger partial charge in [-0.3, -0.25) is 4.79 Å². The molecule has 2 rings (SSSR count). The minimum Gasteiger partial charge on any atom is -0.394 e. The molecule has 15 heavy (non-hydrogen) atoms. The predicted molar refractivity (Wildman–Crippen MR) is 55.6 cm³/mol. The number of carbonyl (C=O) groups is 1. The molecule has 1 saturated carbocycles. The van der Waals surface area contributed by atoms with Gasteiger partial charge in [0.05, 0.1) is 30.1 Å². The van der Waals surface area contributed by atoms with Crippen LogP contribution in [-0.4, -0.2) is 31.9 Å². The molecule has 1 fully saturated rings. The predicted octanol–water partition coefficient (Wildman–Crippen LogP) is 0.429. The van der Waals surface area contributed by atoms with Crippen molar-refractivity contribution in [2.45, 2.75) is 25.3 Å². The van der Waals surface area contributed by atoms with Crippen molar-refractivity contribution in [2.75, 3.05) is 6.61 Å². The van der Waals surface area contributed by atoms with E-state index >= 15 is 0 Å². The third-order valence-corrected chi connectivity index (χ3v) is 3.28. The van der Waals surface area contributed by atoms with Crippen LogP contribution in [0.15, 0.2) is 6.20 Å². The SMILES string of the molecule is CC(CO)(NC(=O)c1cnsn1)C1CC1. The summed E-state index contributed by atoms with van der Waals surface area (Å²) < 4.78 is 7.62. The van der Waals surface area contributed by atoms with Crippen molar-refractivity contribution in [3.63, 3.8) is 0 Å².